The topological polar surface area (TPSA) is 74.8 Å². The number of carbonyl (C=O) groups excluding carboxylic acids is 1. The van der Waals surface area contributed by atoms with Gasteiger partial charge in [-0.3, -0.25) is 9.59 Å². The molecule has 116 valence electrons. The van der Waals surface area contributed by atoms with Gasteiger partial charge in [-0.05, 0) is 24.0 Å². The van der Waals surface area contributed by atoms with E-state index in [0.29, 0.717) is 11.1 Å². The standard InChI is InChI=1S/C16H19N3O2S/c1-10(2)12-6-4-5-11(3)15(12)18-14(21)9-22-16-17-8-7-13(20)19-16/h4-8,10H,9H2,1-3H3,(H,18,21)(H,17,19,20). The lowest BCUT2D eigenvalue weighted by atomic mass is 9.98. The van der Waals surface area contributed by atoms with Crippen LogP contribution in [0, 0.1) is 6.92 Å². The van der Waals surface area contributed by atoms with E-state index >= 15 is 0 Å². The Hall–Kier alpha value is -2.08. The van der Waals surface area contributed by atoms with E-state index in [1.54, 1.807) is 0 Å². The summed E-state index contributed by atoms with van der Waals surface area (Å²) in [5.41, 5.74) is 2.80. The molecule has 0 aliphatic heterocycles. The summed E-state index contributed by atoms with van der Waals surface area (Å²) in [6.45, 7) is 6.17. The van der Waals surface area contributed by atoms with Crippen LogP contribution in [0.2, 0.25) is 0 Å². The molecule has 0 radical (unpaired) electrons. The Balaban J connectivity index is 2.05. The van der Waals surface area contributed by atoms with Crippen LogP contribution >= 0.6 is 11.8 Å². The number of nitrogens with one attached hydrogen (secondary N) is 2. The van der Waals surface area contributed by atoms with Crippen molar-refractivity contribution in [2.45, 2.75) is 31.8 Å². The number of carbonyl (C=O) groups is 1. The molecule has 0 atom stereocenters. The number of amides is 1. The van der Waals surface area contributed by atoms with Gasteiger partial charge in [0.05, 0.1) is 5.75 Å². The van der Waals surface area contributed by atoms with Crippen LogP contribution in [0.15, 0.2) is 40.4 Å². The normalized spacial score (nSPS) is 10.7. The van der Waals surface area contributed by atoms with Crippen LogP contribution in [-0.2, 0) is 4.79 Å². The average Bonchev–Trinajstić information content (AvgIpc) is 2.47. The third-order valence-corrected chi connectivity index (χ3v) is 4.07. The summed E-state index contributed by atoms with van der Waals surface area (Å²) in [5.74, 6) is 0.404. The largest absolute Gasteiger partial charge is 0.325 e. The third kappa shape index (κ3) is 4.21. The molecule has 1 heterocycles. The number of hydrogen-bond acceptors (Lipinski definition) is 4. The van der Waals surface area contributed by atoms with Gasteiger partial charge in [-0.15, -0.1) is 0 Å². The molecule has 0 saturated heterocycles. The zero-order chi connectivity index (χ0) is 16.1. The number of aromatic nitrogens is 2. The minimum absolute atomic E-state index is 0.118. The number of H-pyrrole nitrogens is 1. The number of benzene rings is 1. The third-order valence-electron chi connectivity index (χ3n) is 3.18. The molecule has 2 aromatic rings. The van der Waals surface area contributed by atoms with Gasteiger partial charge in [0.15, 0.2) is 5.16 Å². The number of aromatic amines is 1. The van der Waals surface area contributed by atoms with Crippen molar-refractivity contribution in [2.24, 2.45) is 0 Å². The molecule has 0 aliphatic rings. The zero-order valence-corrected chi connectivity index (χ0v) is 13.7. The molecule has 6 heteroatoms. The van der Waals surface area contributed by atoms with Gasteiger partial charge in [0.25, 0.3) is 5.56 Å². The molecule has 0 unspecified atom stereocenters. The van der Waals surface area contributed by atoms with Gasteiger partial charge in [0, 0.05) is 18.0 Å². The highest BCUT2D eigenvalue weighted by Crippen LogP contribution is 2.27. The lowest BCUT2D eigenvalue weighted by molar-refractivity contribution is -0.113. The Kier molecular flexibility index (Phi) is 5.38. The number of aryl methyl sites for hydroxylation is 1. The quantitative estimate of drug-likeness (QED) is 0.657. The lowest BCUT2D eigenvalue weighted by Gasteiger charge is -2.16. The molecule has 0 saturated carbocycles. The van der Waals surface area contributed by atoms with Crippen molar-refractivity contribution in [3.63, 3.8) is 0 Å². The fourth-order valence-electron chi connectivity index (χ4n) is 2.08. The van der Waals surface area contributed by atoms with E-state index in [2.05, 4.69) is 29.1 Å². The lowest BCUT2D eigenvalue weighted by Crippen LogP contribution is -2.17. The Morgan fingerprint density at radius 3 is 2.82 bits per heavy atom. The molecule has 0 spiro atoms. The van der Waals surface area contributed by atoms with E-state index in [0.717, 1.165) is 16.8 Å². The number of thioether (sulfide) groups is 1. The smallest absolute Gasteiger partial charge is 0.251 e. The molecule has 1 amide bonds. The summed E-state index contributed by atoms with van der Waals surface area (Å²) in [5, 5.41) is 3.41. The maximum atomic E-state index is 12.1. The van der Waals surface area contributed by atoms with E-state index in [1.165, 1.54) is 24.0 Å². The number of anilines is 1. The second kappa shape index (κ2) is 7.26. The van der Waals surface area contributed by atoms with Crippen LogP contribution in [0.1, 0.15) is 30.9 Å². The van der Waals surface area contributed by atoms with Crippen molar-refractivity contribution in [2.75, 3.05) is 11.1 Å². The average molecular weight is 317 g/mol. The van der Waals surface area contributed by atoms with Gasteiger partial charge in [0.2, 0.25) is 5.91 Å². The number of nitrogens with zero attached hydrogens (tertiary/aromatic N) is 1. The molecule has 0 bridgehead atoms. The first-order valence-corrected chi connectivity index (χ1v) is 8.03. The highest BCUT2D eigenvalue weighted by atomic mass is 32.2. The van der Waals surface area contributed by atoms with Crippen LogP contribution in [0.5, 0.6) is 0 Å². The van der Waals surface area contributed by atoms with Gasteiger partial charge in [-0.1, -0.05) is 43.8 Å². The van der Waals surface area contributed by atoms with Gasteiger partial charge < -0.3 is 10.3 Å². The number of hydrogen-bond donors (Lipinski definition) is 2. The maximum Gasteiger partial charge on any atom is 0.251 e. The van der Waals surface area contributed by atoms with Gasteiger partial charge >= 0.3 is 0 Å². The maximum absolute atomic E-state index is 12.1. The van der Waals surface area contributed by atoms with Gasteiger partial charge in [0.1, 0.15) is 0 Å². The molecule has 5 nitrogen and oxygen atoms in total. The molecule has 1 aromatic heterocycles. The predicted molar refractivity (Wildman–Crippen MR) is 89.5 cm³/mol. The second-order valence-corrected chi connectivity index (χ2v) is 6.23. The number of rotatable bonds is 5. The summed E-state index contributed by atoms with van der Waals surface area (Å²) >= 11 is 1.20. The van der Waals surface area contributed by atoms with Crippen molar-refractivity contribution in [3.8, 4) is 0 Å². The molecule has 0 fully saturated rings. The first-order valence-electron chi connectivity index (χ1n) is 7.05. The van der Waals surface area contributed by atoms with Crippen LogP contribution in [0.4, 0.5) is 5.69 Å². The van der Waals surface area contributed by atoms with E-state index < -0.39 is 0 Å². The van der Waals surface area contributed by atoms with Crippen LogP contribution in [-0.4, -0.2) is 21.6 Å². The molecular weight excluding hydrogens is 298 g/mol. The highest BCUT2D eigenvalue weighted by Gasteiger charge is 2.12. The summed E-state index contributed by atoms with van der Waals surface area (Å²) in [7, 11) is 0. The minimum atomic E-state index is -0.223. The molecule has 2 N–H and O–H groups in total. The molecule has 22 heavy (non-hydrogen) atoms. The van der Waals surface area contributed by atoms with Crippen molar-refractivity contribution in [1.82, 2.24) is 9.97 Å². The van der Waals surface area contributed by atoms with Crippen LogP contribution in [0.3, 0.4) is 0 Å². The molecular formula is C16H19N3O2S. The van der Waals surface area contributed by atoms with Crippen molar-refractivity contribution >= 4 is 23.4 Å². The van der Waals surface area contributed by atoms with E-state index in [-0.39, 0.29) is 17.2 Å². The molecule has 0 aliphatic carbocycles. The molecule has 1 aromatic carbocycles. The second-order valence-electron chi connectivity index (χ2n) is 5.27. The van der Waals surface area contributed by atoms with Gasteiger partial charge in [-0.2, -0.15) is 0 Å². The molecule has 2 rings (SSSR count). The summed E-state index contributed by atoms with van der Waals surface area (Å²) in [6.07, 6.45) is 1.43. The first kappa shape index (κ1) is 16.3. The van der Waals surface area contributed by atoms with Crippen LogP contribution < -0.4 is 10.9 Å². The first-order chi connectivity index (χ1) is 10.5. The Bertz CT molecular complexity index is 725. The van der Waals surface area contributed by atoms with E-state index in [1.807, 2.05) is 25.1 Å². The predicted octanol–water partition coefficient (Wildman–Crippen LogP) is 2.93. The summed E-state index contributed by atoms with van der Waals surface area (Å²) in [4.78, 5) is 29.9. The van der Waals surface area contributed by atoms with Crippen molar-refractivity contribution in [1.29, 1.82) is 0 Å². The van der Waals surface area contributed by atoms with Crippen molar-refractivity contribution in [3.05, 3.63) is 51.9 Å². The fraction of sp³-hybridized carbons (Fsp3) is 0.312. The fourth-order valence-corrected chi connectivity index (χ4v) is 2.73. The SMILES string of the molecule is Cc1cccc(C(C)C)c1NC(=O)CSc1nccc(=O)[nH]1. The highest BCUT2D eigenvalue weighted by molar-refractivity contribution is 7.99. The Morgan fingerprint density at radius 2 is 2.14 bits per heavy atom. The Labute approximate surface area is 133 Å². The monoisotopic (exact) mass is 317 g/mol. The summed E-state index contributed by atoms with van der Waals surface area (Å²) in [6, 6.07) is 7.33. The van der Waals surface area contributed by atoms with E-state index in [4.69, 9.17) is 0 Å². The van der Waals surface area contributed by atoms with Gasteiger partial charge in [-0.25, -0.2) is 4.98 Å². The summed E-state index contributed by atoms with van der Waals surface area (Å²) < 4.78 is 0. The minimum Gasteiger partial charge on any atom is -0.325 e. The number of para-hydroxylation sites is 1. The van der Waals surface area contributed by atoms with Crippen LogP contribution in [0.25, 0.3) is 0 Å². The Morgan fingerprint density at radius 1 is 1.36 bits per heavy atom. The van der Waals surface area contributed by atoms with Crippen molar-refractivity contribution < 1.29 is 4.79 Å². The zero-order valence-electron chi connectivity index (χ0n) is 12.8. The van der Waals surface area contributed by atoms with E-state index in [9.17, 15) is 9.59 Å².